The molecule has 1 aromatic heterocycles. The first kappa shape index (κ1) is 12.5. The summed E-state index contributed by atoms with van der Waals surface area (Å²) in [6, 6.07) is 0. The number of alkyl halides is 1. The number of hydrogen-bond donors (Lipinski definition) is 0. The molecule has 0 unspecified atom stereocenters. The van der Waals surface area contributed by atoms with Crippen LogP contribution in [0.5, 0.6) is 0 Å². The standard InChI is InChI=1S/C9H13Cl2N3O/c1-15-5-4-14(3-2-10)9-8(11)6-12-7-13-9/h6-7H,2-5H2,1H3. The van der Waals surface area contributed by atoms with E-state index in [4.69, 9.17) is 27.9 Å². The summed E-state index contributed by atoms with van der Waals surface area (Å²) in [5.74, 6) is 1.22. The largest absolute Gasteiger partial charge is 0.383 e. The molecule has 4 nitrogen and oxygen atoms in total. The molecule has 0 bridgehead atoms. The summed E-state index contributed by atoms with van der Waals surface area (Å²) in [6.07, 6.45) is 3.03. The van der Waals surface area contributed by atoms with E-state index in [2.05, 4.69) is 9.97 Å². The number of aromatic nitrogens is 2. The molecule has 0 aliphatic rings. The average molecular weight is 250 g/mol. The van der Waals surface area contributed by atoms with Gasteiger partial charge >= 0.3 is 0 Å². The molecule has 0 N–H and O–H groups in total. The Morgan fingerprint density at radius 3 is 2.87 bits per heavy atom. The van der Waals surface area contributed by atoms with Crippen LogP contribution in [0.2, 0.25) is 5.02 Å². The Kier molecular flexibility index (Phi) is 5.68. The van der Waals surface area contributed by atoms with Crippen molar-refractivity contribution in [2.75, 3.05) is 37.6 Å². The summed E-state index contributed by atoms with van der Waals surface area (Å²) in [7, 11) is 1.65. The summed E-state index contributed by atoms with van der Waals surface area (Å²) in [5, 5.41) is 0.527. The molecular formula is C9H13Cl2N3O. The Labute approximate surface area is 99.2 Å². The second-order valence-electron chi connectivity index (χ2n) is 2.86. The van der Waals surface area contributed by atoms with Crippen molar-refractivity contribution in [3.8, 4) is 0 Å². The lowest BCUT2D eigenvalue weighted by atomic mass is 10.4. The van der Waals surface area contributed by atoms with Gasteiger partial charge in [-0.1, -0.05) is 11.6 Å². The minimum Gasteiger partial charge on any atom is -0.383 e. The van der Waals surface area contributed by atoms with Crippen LogP contribution in [0.3, 0.4) is 0 Å². The normalized spacial score (nSPS) is 10.3. The van der Waals surface area contributed by atoms with Gasteiger partial charge in [0.15, 0.2) is 5.82 Å². The average Bonchev–Trinajstić information content (AvgIpc) is 2.25. The molecule has 0 saturated carbocycles. The van der Waals surface area contributed by atoms with Gasteiger partial charge in [0.2, 0.25) is 0 Å². The molecule has 0 atom stereocenters. The third-order valence-electron chi connectivity index (χ3n) is 1.87. The van der Waals surface area contributed by atoms with E-state index < -0.39 is 0 Å². The topological polar surface area (TPSA) is 38.2 Å². The van der Waals surface area contributed by atoms with Gasteiger partial charge in [-0.2, -0.15) is 0 Å². The summed E-state index contributed by atoms with van der Waals surface area (Å²) in [5.41, 5.74) is 0. The molecule has 0 amide bonds. The highest BCUT2D eigenvalue weighted by molar-refractivity contribution is 6.32. The lowest BCUT2D eigenvalue weighted by Gasteiger charge is -2.22. The zero-order valence-corrected chi connectivity index (χ0v) is 10.0. The zero-order chi connectivity index (χ0) is 11.1. The molecule has 1 aromatic rings. The van der Waals surface area contributed by atoms with Crippen molar-refractivity contribution < 1.29 is 4.74 Å². The number of rotatable bonds is 6. The van der Waals surface area contributed by atoms with Gasteiger partial charge in [0, 0.05) is 26.1 Å². The number of ether oxygens (including phenoxy) is 1. The molecule has 6 heteroatoms. The van der Waals surface area contributed by atoms with Crippen LogP contribution in [0.1, 0.15) is 0 Å². The quantitative estimate of drug-likeness (QED) is 0.722. The fraction of sp³-hybridized carbons (Fsp3) is 0.556. The van der Waals surface area contributed by atoms with Gasteiger partial charge in [0.05, 0.1) is 12.8 Å². The molecular weight excluding hydrogens is 237 g/mol. The predicted molar refractivity (Wildman–Crippen MR) is 61.9 cm³/mol. The van der Waals surface area contributed by atoms with E-state index in [1.54, 1.807) is 13.3 Å². The van der Waals surface area contributed by atoms with Gasteiger partial charge in [-0.25, -0.2) is 9.97 Å². The highest BCUT2D eigenvalue weighted by atomic mass is 35.5. The number of nitrogens with zero attached hydrogens (tertiary/aromatic N) is 3. The van der Waals surface area contributed by atoms with Crippen LogP contribution < -0.4 is 4.90 Å². The minimum absolute atomic E-state index is 0.518. The maximum atomic E-state index is 5.98. The zero-order valence-electron chi connectivity index (χ0n) is 8.49. The van der Waals surface area contributed by atoms with E-state index in [1.807, 2.05) is 4.90 Å². The van der Waals surface area contributed by atoms with Gasteiger partial charge in [-0.05, 0) is 0 Å². The molecule has 0 radical (unpaired) electrons. The Morgan fingerprint density at radius 1 is 1.47 bits per heavy atom. The second-order valence-corrected chi connectivity index (χ2v) is 3.65. The second kappa shape index (κ2) is 6.82. The molecule has 0 aliphatic carbocycles. The van der Waals surface area contributed by atoms with Crippen LogP contribution in [0, 0.1) is 0 Å². The lowest BCUT2D eigenvalue weighted by molar-refractivity contribution is 0.205. The molecule has 1 rings (SSSR count). The van der Waals surface area contributed by atoms with Crippen molar-refractivity contribution >= 4 is 29.0 Å². The fourth-order valence-corrected chi connectivity index (χ4v) is 1.59. The van der Waals surface area contributed by atoms with Gasteiger partial charge in [-0.15, -0.1) is 11.6 Å². The smallest absolute Gasteiger partial charge is 0.150 e. The van der Waals surface area contributed by atoms with E-state index in [9.17, 15) is 0 Å². The first-order valence-electron chi connectivity index (χ1n) is 4.55. The van der Waals surface area contributed by atoms with E-state index in [0.29, 0.717) is 36.4 Å². The first-order chi connectivity index (χ1) is 7.29. The Bertz CT molecular complexity index is 298. The molecule has 0 aliphatic heterocycles. The maximum absolute atomic E-state index is 5.98. The van der Waals surface area contributed by atoms with Gasteiger partial charge < -0.3 is 9.64 Å². The molecule has 0 saturated heterocycles. The first-order valence-corrected chi connectivity index (χ1v) is 5.46. The summed E-state index contributed by atoms with van der Waals surface area (Å²) >= 11 is 11.7. The van der Waals surface area contributed by atoms with E-state index in [-0.39, 0.29) is 0 Å². The van der Waals surface area contributed by atoms with Crippen molar-refractivity contribution in [2.45, 2.75) is 0 Å². The third-order valence-corrected chi connectivity index (χ3v) is 2.30. The highest BCUT2D eigenvalue weighted by Gasteiger charge is 2.10. The van der Waals surface area contributed by atoms with Crippen molar-refractivity contribution in [3.05, 3.63) is 17.5 Å². The van der Waals surface area contributed by atoms with Gasteiger partial charge in [0.25, 0.3) is 0 Å². The van der Waals surface area contributed by atoms with Crippen molar-refractivity contribution in [1.29, 1.82) is 0 Å². The van der Waals surface area contributed by atoms with Gasteiger partial charge in [-0.3, -0.25) is 0 Å². The molecule has 0 fully saturated rings. The van der Waals surface area contributed by atoms with E-state index in [1.165, 1.54) is 6.33 Å². The maximum Gasteiger partial charge on any atom is 0.150 e. The number of methoxy groups -OCH3 is 1. The van der Waals surface area contributed by atoms with Crippen LogP contribution in [0.25, 0.3) is 0 Å². The summed E-state index contributed by atoms with van der Waals surface area (Å²) in [4.78, 5) is 9.93. The van der Waals surface area contributed by atoms with Gasteiger partial charge in [0.1, 0.15) is 11.3 Å². The monoisotopic (exact) mass is 249 g/mol. The number of hydrogen-bond acceptors (Lipinski definition) is 4. The lowest BCUT2D eigenvalue weighted by Crippen LogP contribution is -2.30. The summed E-state index contributed by atoms with van der Waals surface area (Å²) < 4.78 is 5.01. The van der Waals surface area contributed by atoms with E-state index in [0.717, 1.165) is 0 Å². The number of anilines is 1. The van der Waals surface area contributed by atoms with Crippen LogP contribution in [-0.4, -0.2) is 42.7 Å². The predicted octanol–water partition coefficient (Wildman–Crippen LogP) is 1.82. The SMILES string of the molecule is COCCN(CCCl)c1ncncc1Cl. The van der Waals surface area contributed by atoms with Crippen LogP contribution in [-0.2, 0) is 4.74 Å². The molecule has 0 aromatic carbocycles. The third kappa shape index (κ3) is 3.81. The van der Waals surface area contributed by atoms with Crippen molar-refractivity contribution in [1.82, 2.24) is 9.97 Å². The Balaban J connectivity index is 2.74. The molecule has 0 spiro atoms. The van der Waals surface area contributed by atoms with Crippen LogP contribution in [0.15, 0.2) is 12.5 Å². The van der Waals surface area contributed by atoms with E-state index >= 15 is 0 Å². The number of halogens is 2. The van der Waals surface area contributed by atoms with Crippen molar-refractivity contribution in [3.63, 3.8) is 0 Å². The van der Waals surface area contributed by atoms with Crippen LogP contribution in [0.4, 0.5) is 5.82 Å². The summed E-state index contributed by atoms with van der Waals surface area (Å²) in [6.45, 7) is 2.00. The molecule has 84 valence electrons. The fourth-order valence-electron chi connectivity index (χ4n) is 1.17. The van der Waals surface area contributed by atoms with Crippen molar-refractivity contribution in [2.24, 2.45) is 0 Å². The molecule has 1 heterocycles. The highest BCUT2D eigenvalue weighted by Crippen LogP contribution is 2.20. The Morgan fingerprint density at radius 2 is 2.27 bits per heavy atom. The Hall–Kier alpha value is -0.580. The van der Waals surface area contributed by atoms with Crippen LogP contribution >= 0.6 is 23.2 Å². The molecule has 15 heavy (non-hydrogen) atoms. The minimum atomic E-state index is 0.518.